The van der Waals surface area contributed by atoms with Crippen molar-refractivity contribution in [3.05, 3.63) is 38.8 Å². The van der Waals surface area contributed by atoms with Gasteiger partial charge in [-0.05, 0) is 32.0 Å². The average Bonchev–Trinajstić information content (AvgIpc) is 2.76. The molecule has 1 unspecified atom stereocenters. The maximum absolute atomic E-state index is 9.46. The van der Waals surface area contributed by atoms with Crippen molar-refractivity contribution in [2.24, 2.45) is 0 Å². The molecule has 1 atom stereocenters. The van der Waals surface area contributed by atoms with Gasteiger partial charge in [-0.3, -0.25) is 0 Å². The lowest BCUT2D eigenvalue weighted by Crippen LogP contribution is -2.10. The fraction of sp³-hybridized carbons (Fsp3) is 0.438. The van der Waals surface area contributed by atoms with Crippen molar-refractivity contribution in [2.45, 2.75) is 46.1 Å². The van der Waals surface area contributed by atoms with E-state index >= 15 is 0 Å². The fourth-order valence-electron chi connectivity index (χ4n) is 2.04. The van der Waals surface area contributed by atoms with Crippen molar-refractivity contribution in [3.63, 3.8) is 0 Å². The minimum absolute atomic E-state index is 0.0647. The second kappa shape index (κ2) is 5.85. The highest BCUT2D eigenvalue weighted by Gasteiger charge is 2.22. The van der Waals surface area contributed by atoms with Gasteiger partial charge in [0.25, 0.3) is 0 Å². The first-order valence-corrected chi connectivity index (χ1v) is 8.11. The maximum atomic E-state index is 9.46. The van der Waals surface area contributed by atoms with E-state index in [1.165, 1.54) is 4.88 Å². The zero-order valence-electron chi connectivity index (χ0n) is 13.0. The number of benzene rings is 1. The number of phenolic OH excluding ortho intramolecular Hbond substituents is 1. The molecule has 0 fully saturated rings. The van der Waals surface area contributed by atoms with E-state index in [2.05, 4.69) is 38.0 Å². The first-order valence-electron chi connectivity index (χ1n) is 6.91. The maximum Gasteiger partial charge on any atom is 0.134 e. The predicted molar refractivity (Wildman–Crippen MR) is 90.7 cm³/mol. The van der Waals surface area contributed by atoms with Crippen LogP contribution < -0.4 is 5.32 Å². The van der Waals surface area contributed by atoms with Gasteiger partial charge in [-0.15, -0.1) is 11.3 Å². The molecular weight excluding hydrogens is 304 g/mol. The molecule has 2 rings (SSSR count). The Morgan fingerprint density at radius 1 is 1.33 bits per heavy atom. The van der Waals surface area contributed by atoms with Gasteiger partial charge in [-0.25, -0.2) is 4.98 Å². The van der Waals surface area contributed by atoms with E-state index in [1.54, 1.807) is 23.5 Å². The van der Waals surface area contributed by atoms with Gasteiger partial charge in [0.2, 0.25) is 0 Å². The van der Waals surface area contributed by atoms with Crippen molar-refractivity contribution in [3.8, 4) is 5.75 Å². The normalized spacial score (nSPS) is 13.2. The topological polar surface area (TPSA) is 45.2 Å². The molecule has 21 heavy (non-hydrogen) atoms. The molecule has 1 aromatic carbocycles. The highest BCUT2D eigenvalue weighted by Crippen LogP contribution is 2.34. The number of phenols is 1. The summed E-state index contributed by atoms with van der Waals surface area (Å²) in [7, 11) is 0. The summed E-state index contributed by atoms with van der Waals surface area (Å²) in [6.45, 7) is 10.7. The molecule has 0 bridgehead atoms. The summed E-state index contributed by atoms with van der Waals surface area (Å²) in [4.78, 5) is 5.91. The van der Waals surface area contributed by atoms with Crippen LogP contribution in [0.15, 0.2) is 18.2 Å². The second-order valence-corrected chi connectivity index (χ2v) is 7.69. The average molecular weight is 325 g/mol. The molecule has 114 valence electrons. The lowest BCUT2D eigenvalue weighted by atomic mass is 9.98. The Balaban J connectivity index is 2.22. The quantitative estimate of drug-likeness (QED) is 0.755. The number of rotatable bonds is 3. The third kappa shape index (κ3) is 3.69. The molecule has 0 amide bonds. The van der Waals surface area contributed by atoms with Crippen LogP contribution in [-0.4, -0.2) is 10.1 Å². The summed E-state index contributed by atoms with van der Waals surface area (Å²) >= 11 is 7.68. The number of hydrogen-bond acceptors (Lipinski definition) is 4. The molecule has 1 heterocycles. The van der Waals surface area contributed by atoms with Crippen LogP contribution >= 0.6 is 22.9 Å². The summed E-state index contributed by atoms with van der Waals surface area (Å²) < 4.78 is 0. The van der Waals surface area contributed by atoms with Crippen LogP contribution in [0.5, 0.6) is 5.75 Å². The zero-order valence-corrected chi connectivity index (χ0v) is 14.6. The Morgan fingerprint density at radius 2 is 2.00 bits per heavy atom. The Labute approximate surface area is 135 Å². The van der Waals surface area contributed by atoms with E-state index in [0.29, 0.717) is 5.02 Å². The summed E-state index contributed by atoms with van der Waals surface area (Å²) in [6.07, 6.45) is 0. The molecule has 0 aliphatic carbocycles. The van der Waals surface area contributed by atoms with Crippen LogP contribution in [0.1, 0.15) is 49.3 Å². The molecule has 1 aromatic heterocycles. The minimum Gasteiger partial charge on any atom is -0.506 e. The van der Waals surface area contributed by atoms with E-state index in [9.17, 15) is 5.11 Å². The van der Waals surface area contributed by atoms with E-state index in [-0.39, 0.29) is 17.2 Å². The molecule has 0 radical (unpaired) electrons. The molecule has 0 aliphatic rings. The van der Waals surface area contributed by atoms with Crippen molar-refractivity contribution < 1.29 is 5.11 Å². The summed E-state index contributed by atoms with van der Waals surface area (Å²) in [5, 5.41) is 14.4. The molecule has 0 saturated heterocycles. The second-order valence-electron chi connectivity index (χ2n) is 6.25. The van der Waals surface area contributed by atoms with E-state index in [4.69, 9.17) is 11.6 Å². The first-order chi connectivity index (χ1) is 9.68. The molecule has 3 nitrogen and oxygen atoms in total. The van der Waals surface area contributed by atoms with Crippen LogP contribution in [0.3, 0.4) is 0 Å². The van der Waals surface area contributed by atoms with Gasteiger partial charge in [0.05, 0.1) is 21.8 Å². The number of hydrogen-bond donors (Lipinski definition) is 2. The van der Waals surface area contributed by atoms with Gasteiger partial charge in [-0.2, -0.15) is 0 Å². The van der Waals surface area contributed by atoms with Gasteiger partial charge in [0.1, 0.15) is 5.75 Å². The number of aryl methyl sites for hydroxylation is 1. The first kappa shape index (κ1) is 16.1. The number of anilines is 1. The number of aromatic hydroxyl groups is 1. The third-order valence-electron chi connectivity index (χ3n) is 3.20. The van der Waals surface area contributed by atoms with Crippen molar-refractivity contribution >= 4 is 28.6 Å². The summed E-state index contributed by atoms with van der Waals surface area (Å²) in [6, 6.07) is 5.28. The van der Waals surface area contributed by atoms with Crippen molar-refractivity contribution in [1.29, 1.82) is 0 Å². The molecule has 0 saturated carbocycles. The fourth-order valence-corrected chi connectivity index (χ4v) is 3.35. The zero-order chi connectivity index (χ0) is 15.8. The van der Waals surface area contributed by atoms with Crippen LogP contribution in [0.25, 0.3) is 0 Å². The van der Waals surface area contributed by atoms with E-state index in [0.717, 1.165) is 16.4 Å². The van der Waals surface area contributed by atoms with Crippen molar-refractivity contribution in [2.75, 3.05) is 5.32 Å². The summed E-state index contributed by atoms with van der Waals surface area (Å²) in [5.41, 5.74) is 2.01. The molecule has 0 aliphatic heterocycles. The molecule has 0 spiro atoms. The minimum atomic E-state index is 0.0647. The van der Waals surface area contributed by atoms with Gasteiger partial charge in [-0.1, -0.05) is 32.4 Å². The number of thiazole rings is 1. The van der Waals surface area contributed by atoms with E-state index < -0.39 is 0 Å². The predicted octanol–water partition coefficient (Wildman–Crippen LogP) is 5.28. The van der Waals surface area contributed by atoms with Crippen LogP contribution in [0.2, 0.25) is 5.02 Å². The van der Waals surface area contributed by atoms with Gasteiger partial charge in [0.15, 0.2) is 0 Å². The highest BCUT2D eigenvalue weighted by atomic mass is 35.5. The van der Waals surface area contributed by atoms with Gasteiger partial charge in [0, 0.05) is 16.0 Å². The Morgan fingerprint density at radius 3 is 2.52 bits per heavy atom. The highest BCUT2D eigenvalue weighted by molar-refractivity contribution is 7.12. The number of halogens is 1. The largest absolute Gasteiger partial charge is 0.506 e. The standard InChI is InChI=1S/C16H21ClN2OS/c1-9(18-11-6-7-13(20)12(17)8-11)14-10(2)19-15(21-14)16(3,4)5/h6-9,18,20H,1-5H3. The molecule has 2 N–H and O–H groups in total. The SMILES string of the molecule is Cc1nc(C(C)(C)C)sc1C(C)Nc1ccc(O)c(Cl)c1. The number of nitrogens with zero attached hydrogens (tertiary/aromatic N) is 1. The number of nitrogens with one attached hydrogen (secondary N) is 1. The van der Waals surface area contributed by atoms with Gasteiger partial charge >= 0.3 is 0 Å². The Hall–Kier alpha value is -1.26. The lowest BCUT2D eigenvalue weighted by Gasteiger charge is -2.16. The van der Waals surface area contributed by atoms with Crippen molar-refractivity contribution in [1.82, 2.24) is 4.98 Å². The summed E-state index contributed by atoms with van der Waals surface area (Å²) in [5.74, 6) is 0.0962. The Kier molecular flexibility index (Phi) is 4.49. The lowest BCUT2D eigenvalue weighted by molar-refractivity contribution is 0.475. The van der Waals surface area contributed by atoms with Crippen LogP contribution in [0.4, 0.5) is 5.69 Å². The molecular formula is C16H21ClN2OS. The number of aromatic nitrogens is 1. The van der Waals surface area contributed by atoms with Crippen LogP contribution in [0, 0.1) is 6.92 Å². The monoisotopic (exact) mass is 324 g/mol. The van der Waals surface area contributed by atoms with Crippen LogP contribution in [-0.2, 0) is 5.41 Å². The molecule has 5 heteroatoms. The smallest absolute Gasteiger partial charge is 0.134 e. The van der Waals surface area contributed by atoms with Gasteiger partial charge < -0.3 is 10.4 Å². The Bertz CT molecular complexity index is 646. The third-order valence-corrected chi connectivity index (χ3v) is 5.27. The molecule has 2 aromatic rings. The van der Waals surface area contributed by atoms with E-state index in [1.807, 2.05) is 13.0 Å².